The number of carbonyl (C=O) groups is 4. The fourth-order valence-electron chi connectivity index (χ4n) is 7.15. The van der Waals surface area contributed by atoms with Crippen LogP contribution in [0, 0.1) is 18.3 Å². The van der Waals surface area contributed by atoms with E-state index in [1.807, 2.05) is 26.8 Å². The number of ketones is 2. The van der Waals surface area contributed by atoms with Crippen molar-refractivity contribution in [2.45, 2.75) is 97.7 Å². The molecular weight excluding hydrogens is 544 g/mol. The number of aryl methyl sites for hydroxylation is 2. The number of benzene rings is 1. The first-order valence-corrected chi connectivity index (χ1v) is 15.6. The maximum atomic E-state index is 14.1. The Morgan fingerprint density at radius 3 is 2.56 bits per heavy atom. The molecule has 0 spiro atoms. The lowest BCUT2D eigenvalue weighted by molar-refractivity contribution is -0.139. The minimum Gasteiger partial charge on any atom is -0.355 e. The molecule has 2 amide bonds. The molecule has 2 bridgehead atoms. The molecule has 4 heterocycles. The van der Waals surface area contributed by atoms with Gasteiger partial charge in [-0.1, -0.05) is 26.7 Å². The highest BCUT2D eigenvalue weighted by Gasteiger charge is 2.66. The second-order valence-electron chi connectivity index (χ2n) is 12.8. The maximum Gasteiger partial charge on any atom is 0.245 e. The van der Waals surface area contributed by atoms with Crippen molar-refractivity contribution in [2.24, 2.45) is 11.3 Å². The van der Waals surface area contributed by atoms with Gasteiger partial charge in [0.25, 0.3) is 0 Å². The fraction of sp³-hybridized carbons (Fsp3) is 0.545. The van der Waals surface area contributed by atoms with Gasteiger partial charge in [-0.2, -0.15) is 5.10 Å². The van der Waals surface area contributed by atoms with E-state index in [4.69, 9.17) is 5.10 Å². The van der Waals surface area contributed by atoms with Gasteiger partial charge in [0.1, 0.15) is 18.1 Å². The first-order valence-electron chi connectivity index (χ1n) is 15.6. The summed E-state index contributed by atoms with van der Waals surface area (Å²) in [6.45, 7) is 7.55. The first kappa shape index (κ1) is 29.1. The molecule has 10 nitrogen and oxygen atoms in total. The molecule has 43 heavy (non-hydrogen) atoms. The van der Waals surface area contributed by atoms with Gasteiger partial charge in [-0.3, -0.25) is 23.9 Å². The standard InChI is InChI=1S/C33H40N6O4/c1-5-27(41)26-13-33-14-28(33)39(26)29(42)17-38-31-22(10-8-6-7-9-19(2)32(43)36-18-33)11-23(24-15-34-21(4)35-16-24)12-25(31)30(37-38)20(3)40/h11-12,15-16,19,26,28H,5-10,13-14,17-18H2,1-4H3,(H,36,43)/t19-,26+,28-,33+/m1/s1. The molecule has 2 aromatic heterocycles. The zero-order valence-electron chi connectivity index (χ0n) is 25.5. The number of nitrogens with zero attached hydrogens (tertiary/aromatic N) is 5. The predicted molar refractivity (Wildman–Crippen MR) is 161 cm³/mol. The maximum absolute atomic E-state index is 14.1. The van der Waals surface area contributed by atoms with Crippen LogP contribution in [-0.2, 0) is 27.3 Å². The Bertz CT molecular complexity index is 1610. The summed E-state index contributed by atoms with van der Waals surface area (Å²) in [5, 5.41) is 8.57. The van der Waals surface area contributed by atoms with Crippen LogP contribution in [0.1, 0.15) is 87.6 Å². The highest BCUT2D eigenvalue weighted by Crippen LogP contribution is 2.59. The van der Waals surface area contributed by atoms with Crippen molar-refractivity contribution in [2.75, 3.05) is 6.54 Å². The molecule has 10 heteroatoms. The number of Topliss-reactive ketones (excluding diaryl/α,β-unsaturated/α-hetero) is 2. The van der Waals surface area contributed by atoms with E-state index >= 15 is 0 Å². The predicted octanol–water partition coefficient (Wildman–Crippen LogP) is 4.21. The van der Waals surface area contributed by atoms with Gasteiger partial charge in [-0.05, 0) is 62.3 Å². The SMILES string of the molecule is CCC(=O)[C@@H]1C[C@]23CNC(=O)[C@H](C)CCCCCc4cc(-c5cnc(C)nc5)cc5c(C(C)=O)nn(c45)CC(=O)N1[C@@H]2C3. The zero-order valence-corrected chi connectivity index (χ0v) is 25.5. The van der Waals surface area contributed by atoms with Gasteiger partial charge in [0, 0.05) is 60.6 Å². The van der Waals surface area contributed by atoms with Crippen LogP contribution in [0.3, 0.4) is 0 Å². The zero-order chi connectivity index (χ0) is 30.5. The van der Waals surface area contributed by atoms with Gasteiger partial charge >= 0.3 is 0 Å². The van der Waals surface area contributed by atoms with Gasteiger partial charge in [0.2, 0.25) is 11.8 Å². The Labute approximate surface area is 251 Å². The van der Waals surface area contributed by atoms with Crippen molar-refractivity contribution in [3.8, 4) is 11.1 Å². The monoisotopic (exact) mass is 584 g/mol. The Kier molecular flexibility index (Phi) is 7.64. The van der Waals surface area contributed by atoms with E-state index in [0.29, 0.717) is 36.3 Å². The topological polar surface area (TPSA) is 127 Å². The van der Waals surface area contributed by atoms with Gasteiger partial charge in [0.15, 0.2) is 11.6 Å². The molecule has 0 radical (unpaired) electrons. The van der Waals surface area contributed by atoms with E-state index in [2.05, 4.69) is 21.4 Å². The molecule has 2 fully saturated rings. The van der Waals surface area contributed by atoms with Crippen LogP contribution in [0.5, 0.6) is 0 Å². The minimum atomic E-state index is -0.508. The van der Waals surface area contributed by atoms with Crippen molar-refractivity contribution in [1.29, 1.82) is 0 Å². The number of piperidine rings is 1. The minimum absolute atomic E-state index is 0.0365. The van der Waals surface area contributed by atoms with E-state index in [1.165, 1.54) is 6.92 Å². The lowest BCUT2D eigenvalue weighted by Crippen LogP contribution is -2.44. The molecule has 1 saturated heterocycles. The number of nitrogens with one attached hydrogen (secondary N) is 1. The van der Waals surface area contributed by atoms with E-state index in [-0.39, 0.29) is 47.3 Å². The van der Waals surface area contributed by atoms with Crippen molar-refractivity contribution < 1.29 is 19.2 Å². The average Bonchev–Trinajstić information content (AvgIpc) is 3.40. The molecule has 1 aliphatic carbocycles. The molecule has 1 saturated carbocycles. The third-order valence-corrected chi connectivity index (χ3v) is 9.73. The number of amides is 2. The van der Waals surface area contributed by atoms with Crippen molar-refractivity contribution in [1.82, 2.24) is 30.0 Å². The Hall–Kier alpha value is -3.95. The third kappa shape index (κ3) is 5.36. The van der Waals surface area contributed by atoms with E-state index in [1.54, 1.807) is 22.0 Å². The van der Waals surface area contributed by atoms with Crippen LogP contribution in [0.2, 0.25) is 0 Å². The molecule has 4 atom stereocenters. The number of aromatic nitrogens is 4. The lowest BCUT2D eigenvalue weighted by atomic mass is 9.95. The van der Waals surface area contributed by atoms with Crippen LogP contribution in [-0.4, -0.2) is 66.7 Å². The third-order valence-electron chi connectivity index (χ3n) is 9.73. The van der Waals surface area contributed by atoms with E-state index in [0.717, 1.165) is 60.7 Å². The number of hydrogen-bond donors (Lipinski definition) is 1. The summed E-state index contributed by atoms with van der Waals surface area (Å²) in [5.74, 6) is 0.296. The molecule has 3 aliphatic rings. The quantitative estimate of drug-likeness (QED) is 0.455. The largest absolute Gasteiger partial charge is 0.355 e. The number of carbonyl (C=O) groups excluding carboxylic acids is 4. The Balaban J connectivity index is 1.45. The van der Waals surface area contributed by atoms with Gasteiger partial charge in [-0.15, -0.1) is 0 Å². The Morgan fingerprint density at radius 2 is 1.84 bits per heavy atom. The van der Waals surface area contributed by atoms with Gasteiger partial charge in [-0.25, -0.2) is 9.97 Å². The highest BCUT2D eigenvalue weighted by atomic mass is 16.2. The second-order valence-corrected chi connectivity index (χ2v) is 12.8. The smallest absolute Gasteiger partial charge is 0.245 e. The van der Waals surface area contributed by atoms with E-state index < -0.39 is 6.04 Å². The van der Waals surface area contributed by atoms with Gasteiger partial charge < -0.3 is 10.2 Å². The summed E-state index contributed by atoms with van der Waals surface area (Å²) in [6.07, 6.45) is 9.52. The van der Waals surface area contributed by atoms with Crippen LogP contribution >= 0.6 is 0 Å². The molecule has 1 aromatic carbocycles. The lowest BCUT2D eigenvalue weighted by Gasteiger charge is -2.26. The molecule has 2 aliphatic heterocycles. The molecule has 0 unspecified atom stereocenters. The summed E-state index contributed by atoms with van der Waals surface area (Å²) in [5.41, 5.74) is 3.58. The van der Waals surface area contributed by atoms with Crippen molar-refractivity contribution in [3.63, 3.8) is 0 Å². The average molecular weight is 585 g/mol. The van der Waals surface area contributed by atoms with Crippen LogP contribution in [0.15, 0.2) is 24.5 Å². The summed E-state index contributed by atoms with van der Waals surface area (Å²) in [6, 6.07) is 3.45. The molecule has 1 N–H and O–H groups in total. The summed E-state index contributed by atoms with van der Waals surface area (Å²) in [7, 11) is 0. The summed E-state index contributed by atoms with van der Waals surface area (Å²) in [4.78, 5) is 63.5. The molecule has 226 valence electrons. The normalized spacial score (nSPS) is 26.1. The van der Waals surface area contributed by atoms with Crippen molar-refractivity contribution in [3.05, 3.63) is 41.6 Å². The fourth-order valence-corrected chi connectivity index (χ4v) is 7.15. The summed E-state index contributed by atoms with van der Waals surface area (Å²) >= 11 is 0. The van der Waals surface area contributed by atoms with Crippen LogP contribution in [0.25, 0.3) is 22.0 Å². The molecule has 3 aromatic rings. The summed E-state index contributed by atoms with van der Waals surface area (Å²) < 4.78 is 1.68. The second kappa shape index (κ2) is 11.3. The molecular formula is C33H40N6O4. The van der Waals surface area contributed by atoms with Crippen LogP contribution < -0.4 is 5.32 Å². The van der Waals surface area contributed by atoms with E-state index in [9.17, 15) is 19.2 Å². The highest BCUT2D eigenvalue weighted by molar-refractivity contribution is 6.07. The van der Waals surface area contributed by atoms with Crippen LogP contribution in [0.4, 0.5) is 0 Å². The molecule has 6 rings (SSSR count). The Morgan fingerprint density at radius 1 is 1.07 bits per heavy atom. The van der Waals surface area contributed by atoms with Crippen molar-refractivity contribution >= 4 is 34.3 Å². The first-order chi connectivity index (χ1) is 20.6. The van der Waals surface area contributed by atoms with Gasteiger partial charge in [0.05, 0.1) is 11.6 Å². The number of hydrogen-bond acceptors (Lipinski definition) is 7. The number of rotatable bonds is 4.